The lowest BCUT2D eigenvalue weighted by Crippen LogP contribution is -2.38. The van der Waals surface area contributed by atoms with E-state index in [0.717, 1.165) is 46.0 Å². The fourth-order valence-corrected chi connectivity index (χ4v) is 5.50. The van der Waals surface area contributed by atoms with Gasteiger partial charge in [0.25, 0.3) is 0 Å². The fraction of sp³-hybridized carbons (Fsp3) is 0.480. The average molecular weight is 472 g/mol. The van der Waals surface area contributed by atoms with Crippen molar-refractivity contribution in [1.29, 1.82) is 0 Å². The second-order valence-corrected chi connectivity index (χ2v) is 9.69. The Morgan fingerprint density at radius 1 is 1.30 bits per heavy atom. The Morgan fingerprint density at radius 2 is 2.00 bits per heavy atom. The highest BCUT2D eigenvalue weighted by Gasteiger charge is 2.42. The molecule has 178 valence electrons. The number of aliphatic hydroxyl groups is 2. The molecule has 8 heteroatoms. The molecule has 0 fully saturated rings. The average Bonchev–Trinajstić information content (AvgIpc) is 3.28. The van der Waals surface area contributed by atoms with Crippen molar-refractivity contribution in [2.24, 2.45) is 11.7 Å². The molecule has 0 spiro atoms. The van der Waals surface area contributed by atoms with Crippen LogP contribution < -0.4 is 10.5 Å². The molecule has 1 aliphatic carbocycles. The Labute approximate surface area is 199 Å². The standard InChI is InChI=1S/C25H33N3O4S/c1-5-6-9-25(10-7-8-20(17(25)4)22(26)31)24-28-27-23(33-24)18-11-15(2)21(16(3)12-18)32-14-19(30)13-29/h7-8,10-12,17,19,29-30H,5-6,9,13-14H2,1-4H3,(H2,26,31). The number of aliphatic hydroxyl groups excluding tert-OH is 2. The number of benzene rings is 1. The first-order valence-corrected chi connectivity index (χ1v) is 12.1. The zero-order valence-corrected chi connectivity index (χ0v) is 20.5. The van der Waals surface area contributed by atoms with Crippen LogP contribution in [0.25, 0.3) is 10.6 Å². The molecule has 3 atom stereocenters. The molecule has 3 rings (SSSR count). The normalized spacial score (nSPS) is 21.0. The van der Waals surface area contributed by atoms with Gasteiger partial charge in [0.2, 0.25) is 5.91 Å². The molecule has 0 saturated heterocycles. The number of unbranched alkanes of at least 4 members (excludes halogenated alkanes) is 1. The second kappa shape index (κ2) is 10.6. The fourth-order valence-electron chi connectivity index (χ4n) is 4.38. The number of rotatable bonds is 10. The molecule has 1 aromatic heterocycles. The van der Waals surface area contributed by atoms with Crippen LogP contribution in [0, 0.1) is 19.8 Å². The SMILES string of the molecule is CCCCC1(c2nnc(-c3cc(C)c(OCC(O)CO)c(C)c3)s2)C=CC=C(C(N)=O)C1C. The maximum atomic E-state index is 12.1. The summed E-state index contributed by atoms with van der Waals surface area (Å²) in [6.07, 6.45) is 7.84. The van der Waals surface area contributed by atoms with Gasteiger partial charge in [0.15, 0.2) is 0 Å². The maximum Gasteiger partial charge on any atom is 0.244 e. The van der Waals surface area contributed by atoms with Crippen molar-refractivity contribution in [2.75, 3.05) is 13.2 Å². The lowest BCUT2D eigenvalue weighted by atomic mass is 9.67. The van der Waals surface area contributed by atoms with Gasteiger partial charge in [-0.15, -0.1) is 10.2 Å². The van der Waals surface area contributed by atoms with E-state index < -0.39 is 17.4 Å². The minimum atomic E-state index is -0.918. The van der Waals surface area contributed by atoms with E-state index in [4.69, 9.17) is 15.6 Å². The van der Waals surface area contributed by atoms with Gasteiger partial charge in [-0.25, -0.2) is 0 Å². The van der Waals surface area contributed by atoms with Gasteiger partial charge in [-0.2, -0.15) is 0 Å². The van der Waals surface area contributed by atoms with Gasteiger partial charge in [-0.3, -0.25) is 4.79 Å². The molecule has 0 saturated carbocycles. The smallest absolute Gasteiger partial charge is 0.244 e. The van der Waals surface area contributed by atoms with Crippen LogP contribution in [0.1, 0.15) is 49.2 Å². The van der Waals surface area contributed by atoms with Crippen molar-refractivity contribution in [2.45, 2.75) is 58.5 Å². The van der Waals surface area contributed by atoms with E-state index in [0.29, 0.717) is 11.3 Å². The van der Waals surface area contributed by atoms with E-state index in [1.807, 2.05) is 39.0 Å². The first kappa shape index (κ1) is 25.1. The summed E-state index contributed by atoms with van der Waals surface area (Å²) in [5.74, 6) is 0.200. The largest absolute Gasteiger partial charge is 0.490 e. The van der Waals surface area contributed by atoms with Crippen LogP contribution in [0.3, 0.4) is 0 Å². The van der Waals surface area contributed by atoms with E-state index in [9.17, 15) is 9.90 Å². The number of nitrogens with zero attached hydrogens (tertiary/aromatic N) is 2. The van der Waals surface area contributed by atoms with Crippen molar-refractivity contribution in [3.63, 3.8) is 0 Å². The van der Waals surface area contributed by atoms with Crippen LogP contribution >= 0.6 is 11.3 Å². The number of nitrogens with two attached hydrogens (primary N) is 1. The van der Waals surface area contributed by atoms with Gasteiger partial charge < -0.3 is 20.7 Å². The number of carbonyl (C=O) groups is 1. The van der Waals surface area contributed by atoms with Gasteiger partial charge in [0.05, 0.1) is 6.61 Å². The van der Waals surface area contributed by atoms with Crippen molar-refractivity contribution < 1.29 is 19.7 Å². The maximum absolute atomic E-state index is 12.1. The van der Waals surface area contributed by atoms with Crippen LogP contribution in [0.15, 0.2) is 35.9 Å². The van der Waals surface area contributed by atoms with E-state index in [1.165, 1.54) is 11.3 Å². The van der Waals surface area contributed by atoms with Crippen LogP contribution in [0.5, 0.6) is 5.75 Å². The summed E-state index contributed by atoms with van der Waals surface area (Å²) >= 11 is 1.54. The van der Waals surface area contributed by atoms with Gasteiger partial charge in [-0.05, 0) is 43.5 Å². The highest BCUT2D eigenvalue weighted by molar-refractivity contribution is 7.14. The van der Waals surface area contributed by atoms with Crippen LogP contribution in [-0.4, -0.2) is 45.6 Å². The lowest BCUT2D eigenvalue weighted by molar-refractivity contribution is -0.115. The van der Waals surface area contributed by atoms with Gasteiger partial charge >= 0.3 is 0 Å². The molecule has 0 aliphatic heterocycles. The Bertz CT molecular complexity index is 1040. The highest BCUT2D eigenvalue weighted by Crippen LogP contribution is 2.46. The number of ether oxygens (including phenoxy) is 1. The summed E-state index contributed by atoms with van der Waals surface area (Å²) in [5.41, 5.74) is 8.63. The number of aryl methyl sites for hydroxylation is 2. The van der Waals surface area contributed by atoms with E-state index in [1.54, 1.807) is 6.08 Å². The Balaban J connectivity index is 1.95. The quantitative estimate of drug-likeness (QED) is 0.487. The highest BCUT2D eigenvalue weighted by atomic mass is 32.1. The van der Waals surface area contributed by atoms with Crippen molar-refractivity contribution in [3.8, 4) is 16.3 Å². The van der Waals surface area contributed by atoms with E-state index >= 15 is 0 Å². The van der Waals surface area contributed by atoms with Gasteiger partial charge in [0.1, 0.15) is 28.5 Å². The number of aromatic nitrogens is 2. The van der Waals surface area contributed by atoms with Gasteiger partial charge in [-0.1, -0.05) is 56.3 Å². The minimum absolute atomic E-state index is 0.0281. The molecule has 0 bridgehead atoms. The number of carbonyl (C=O) groups excluding carboxylic acids is 1. The molecule has 2 aromatic rings. The molecule has 1 aromatic carbocycles. The predicted octanol–water partition coefficient (Wildman–Crippen LogP) is 3.60. The van der Waals surface area contributed by atoms with Gasteiger partial charge in [0, 0.05) is 22.5 Å². The predicted molar refractivity (Wildman–Crippen MR) is 130 cm³/mol. The first-order chi connectivity index (χ1) is 15.7. The Kier molecular flexibility index (Phi) is 8.05. The van der Waals surface area contributed by atoms with E-state index in [2.05, 4.69) is 23.2 Å². The van der Waals surface area contributed by atoms with Crippen molar-refractivity contribution in [3.05, 3.63) is 52.1 Å². The summed E-state index contributed by atoms with van der Waals surface area (Å²) in [6.45, 7) is 7.76. The molecular weight excluding hydrogens is 438 g/mol. The molecule has 1 heterocycles. The summed E-state index contributed by atoms with van der Waals surface area (Å²) in [5, 5.41) is 29.4. The number of amides is 1. The minimum Gasteiger partial charge on any atom is -0.490 e. The van der Waals surface area contributed by atoms with Crippen molar-refractivity contribution in [1.82, 2.24) is 10.2 Å². The van der Waals surface area contributed by atoms with Crippen molar-refractivity contribution >= 4 is 17.2 Å². The number of hydrogen-bond acceptors (Lipinski definition) is 7. The third-order valence-corrected chi connectivity index (χ3v) is 7.46. The van der Waals surface area contributed by atoms with E-state index in [-0.39, 0.29) is 19.1 Å². The topological polar surface area (TPSA) is 119 Å². The summed E-state index contributed by atoms with van der Waals surface area (Å²) in [4.78, 5) is 12.1. The number of allylic oxidation sites excluding steroid dienone is 3. The number of hydrogen-bond donors (Lipinski definition) is 3. The zero-order chi connectivity index (χ0) is 24.2. The lowest BCUT2D eigenvalue weighted by Gasteiger charge is -2.37. The summed E-state index contributed by atoms with van der Waals surface area (Å²) < 4.78 is 5.72. The molecule has 0 radical (unpaired) electrons. The Morgan fingerprint density at radius 3 is 2.61 bits per heavy atom. The molecule has 4 N–H and O–H groups in total. The molecule has 33 heavy (non-hydrogen) atoms. The summed E-state index contributed by atoms with van der Waals surface area (Å²) in [7, 11) is 0. The van der Waals surface area contributed by atoms with Crippen LogP contribution in [0.2, 0.25) is 0 Å². The molecule has 7 nitrogen and oxygen atoms in total. The van der Waals surface area contributed by atoms with Crippen LogP contribution in [0.4, 0.5) is 0 Å². The summed E-state index contributed by atoms with van der Waals surface area (Å²) in [6, 6.07) is 3.98. The second-order valence-electron chi connectivity index (χ2n) is 8.71. The van der Waals surface area contributed by atoms with Crippen LogP contribution in [-0.2, 0) is 10.2 Å². The third-order valence-electron chi connectivity index (χ3n) is 6.30. The molecule has 1 amide bonds. The Hall–Kier alpha value is -2.55. The first-order valence-electron chi connectivity index (χ1n) is 11.3. The molecule has 1 aliphatic rings. The zero-order valence-electron chi connectivity index (χ0n) is 19.7. The number of primary amides is 1. The third kappa shape index (κ3) is 5.18. The molecular formula is C25H33N3O4S. The monoisotopic (exact) mass is 471 g/mol. The molecule has 3 unspecified atom stereocenters.